The molecule has 1 aliphatic heterocycles. The highest BCUT2D eigenvalue weighted by Crippen LogP contribution is 2.31. The second kappa shape index (κ2) is 3.60. The Morgan fingerprint density at radius 3 is 2.00 bits per heavy atom. The predicted octanol–water partition coefficient (Wildman–Crippen LogP) is 0.944. The van der Waals surface area contributed by atoms with Crippen molar-refractivity contribution in [3.63, 3.8) is 0 Å². The molecule has 11 heavy (non-hydrogen) atoms. The number of hydrogen-bond acceptors (Lipinski definition) is 2. The van der Waals surface area contributed by atoms with Gasteiger partial charge in [-0.1, -0.05) is 0 Å². The molecular formula is C5H9ClF3NO. The molecule has 2 nitrogen and oxygen atoms in total. The van der Waals surface area contributed by atoms with Gasteiger partial charge < -0.3 is 10.5 Å². The van der Waals surface area contributed by atoms with Crippen LogP contribution in [0.4, 0.5) is 13.2 Å². The van der Waals surface area contributed by atoms with Gasteiger partial charge in [-0.25, -0.2) is 0 Å². The van der Waals surface area contributed by atoms with Crippen molar-refractivity contribution in [1.29, 1.82) is 0 Å². The van der Waals surface area contributed by atoms with Crippen molar-refractivity contribution < 1.29 is 17.9 Å². The van der Waals surface area contributed by atoms with Gasteiger partial charge in [-0.2, -0.15) is 13.2 Å². The summed E-state index contributed by atoms with van der Waals surface area (Å²) in [7, 11) is 0. The van der Waals surface area contributed by atoms with Crippen LogP contribution in [0.1, 0.15) is 0 Å². The quantitative estimate of drug-likeness (QED) is 0.619. The summed E-state index contributed by atoms with van der Waals surface area (Å²) in [6.07, 6.45) is -4.20. The number of nitrogens with two attached hydrogens (primary N) is 1. The second-order valence-corrected chi connectivity index (χ2v) is 2.35. The molecule has 0 aromatic rings. The van der Waals surface area contributed by atoms with E-state index >= 15 is 0 Å². The van der Waals surface area contributed by atoms with E-state index in [4.69, 9.17) is 5.73 Å². The zero-order chi connectivity index (χ0) is 7.78. The van der Waals surface area contributed by atoms with E-state index in [-0.39, 0.29) is 25.6 Å². The van der Waals surface area contributed by atoms with Gasteiger partial charge in [0.25, 0.3) is 0 Å². The fraction of sp³-hybridized carbons (Fsp3) is 1.00. The van der Waals surface area contributed by atoms with E-state index in [2.05, 4.69) is 4.74 Å². The Balaban J connectivity index is 0.000001000. The Bertz CT molecular complexity index is 129. The van der Waals surface area contributed by atoms with Crippen molar-refractivity contribution in [2.24, 2.45) is 11.7 Å². The van der Waals surface area contributed by atoms with Crippen LogP contribution in [0, 0.1) is 5.92 Å². The molecule has 1 heterocycles. The van der Waals surface area contributed by atoms with Gasteiger partial charge in [-0.15, -0.1) is 12.4 Å². The molecule has 2 atom stereocenters. The van der Waals surface area contributed by atoms with Gasteiger partial charge in [-0.05, 0) is 0 Å². The lowest BCUT2D eigenvalue weighted by molar-refractivity contribution is -0.175. The van der Waals surface area contributed by atoms with Gasteiger partial charge >= 0.3 is 6.18 Å². The van der Waals surface area contributed by atoms with Crippen molar-refractivity contribution in [3.8, 4) is 0 Å². The van der Waals surface area contributed by atoms with Crippen LogP contribution in [-0.4, -0.2) is 25.4 Å². The molecule has 0 aliphatic carbocycles. The minimum absolute atomic E-state index is 0. The van der Waals surface area contributed by atoms with Crippen LogP contribution in [0.5, 0.6) is 0 Å². The normalized spacial score (nSPS) is 31.6. The van der Waals surface area contributed by atoms with Gasteiger partial charge in [0.2, 0.25) is 0 Å². The van der Waals surface area contributed by atoms with Gasteiger partial charge in [0.15, 0.2) is 0 Å². The third-order valence-electron chi connectivity index (χ3n) is 1.54. The highest BCUT2D eigenvalue weighted by atomic mass is 35.5. The predicted molar refractivity (Wildman–Crippen MR) is 35.6 cm³/mol. The van der Waals surface area contributed by atoms with Crippen LogP contribution in [0.25, 0.3) is 0 Å². The molecular weight excluding hydrogens is 183 g/mol. The Kier molecular flexibility index (Phi) is 3.60. The molecule has 2 N–H and O–H groups in total. The smallest absolute Gasteiger partial charge is 0.379 e. The molecule has 1 saturated heterocycles. The molecule has 68 valence electrons. The average molecular weight is 192 g/mol. The molecule has 0 bridgehead atoms. The minimum Gasteiger partial charge on any atom is -0.379 e. The van der Waals surface area contributed by atoms with Crippen LogP contribution in [0.15, 0.2) is 0 Å². The Morgan fingerprint density at radius 2 is 1.82 bits per heavy atom. The lowest BCUT2D eigenvalue weighted by Gasteiger charge is -2.16. The molecule has 0 amide bonds. The maximum Gasteiger partial charge on any atom is 0.395 e. The molecule has 0 aromatic heterocycles. The van der Waals surface area contributed by atoms with Crippen molar-refractivity contribution in [2.45, 2.75) is 12.2 Å². The monoisotopic (exact) mass is 191 g/mol. The highest BCUT2D eigenvalue weighted by molar-refractivity contribution is 5.85. The molecule has 6 heteroatoms. The van der Waals surface area contributed by atoms with Crippen LogP contribution in [0.3, 0.4) is 0 Å². The number of ether oxygens (including phenoxy) is 1. The number of halogens is 4. The van der Waals surface area contributed by atoms with Gasteiger partial charge in [0.1, 0.15) is 0 Å². The number of alkyl halides is 3. The first kappa shape index (κ1) is 11.0. The Hall–Kier alpha value is -0.0000000000000000555. The van der Waals surface area contributed by atoms with E-state index < -0.39 is 18.1 Å². The van der Waals surface area contributed by atoms with Crippen molar-refractivity contribution in [1.82, 2.24) is 0 Å². The lowest BCUT2D eigenvalue weighted by Crippen LogP contribution is -2.38. The van der Waals surface area contributed by atoms with Crippen molar-refractivity contribution in [3.05, 3.63) is 0 Å². The summed E-state index contributed by atoms with van der Waals surface area (Å²) < 4.78 is 40.1. The number of hydrogen-bond donors (Lipinski definition) is 1. The Labute approximate surface area is 68.3 Å². The average Bonchev–Trinajstić information content (AvgIpc) is 2.11. The van der Waals surface area contributed by atoms with Gasteiger partial charge in [0.05, 0.1) is 19.1 Å². The van der Waals surface area contributed by atoms with Crippen LogP contribution in [-0.2, 0) is 4.74 Å². The maximum atomic E-state index is 11.9. The minimum atomic E-state index is -4.20. The molecule has 1 fully saturated rings. The molecule has 0 spiro atoms. The van der Waals surface area contributed by atoms with Gasteiger partial charge in [0, 0.05) is 6.04 Å². The van der Waals surface area contributed by atoms with Crippen LogP contribution < -0.4 is 5.73 Å². The summed E-state index contributed by atoms with van der Waals surface area (Å²) in [5, 5.41) is 0. The van der Waals surface area contributed by atoms with Crippen molar-refractivity contribution >= 4 is 12.4 Å². The van der Waals surface area contributed by atoms with Gasteiger partial charge in [-0.3, -0.25) is 0 Å². The fourth-order valence-electron chi connectivity index (χ4n) is 0.908. The largest absolute Gasteiger partial charge is 0.395 e. The standard InChI is InChI=1S/C5H8F3NO.ClH/c6-5(7,8)3-1-10-2-4(3)9;/h3-4H,1-2,9H2;1H/t3-,4-;/m0./s1. The maximum absolute atomic E-state index is 11.9. The Morgan fingerprint density at radius 1 is 1.27 bits per heavy atom. The molecule has 1 aliphatic rings. The molecule has 1 rings (SSSR count). The third-order valence-corrected chi connectivity index (χ3v) is 1.54. The SMILES string of the molecule is Cl.N[C@H]1COC[C@@H]1C(F)(F)F. The molecule has 0 radical (unpaired) electrons. The third kappa shape index (κ3) is 2.50. The topological polar surface area (TPSA) is 35.2 Å². The molecule has 0 saturated carbocycles. The van der Waals surface area contributed by atoms with Crippen LogP contribution in [0.2, 0.25) is 0 Å². The van der Waals surface area contributed by atoms with E-state index in [9.17, 15) is 13.2 Å². The summed E-state index contributed by atoms with van der Waals surface area (Å²) in [6, 6.07) is -0.875. The first-order valence-corrected chi connectivity index (χ1v) is 2.92. The first-order valence-electron chi connectivity index (χ1n) is 2.92. The summed E-state index contributed by atoms with van der Waals surface area (Å²) in [5.74, 6) is -1.47. The van der Waals surface area contributed by atoms with Crippen molar-refractivity contribution in [2.75, 3.05) is 13.2 Å². The zero-order valence-electron chi connectivity index (χ0n) is 5.60. The van der Waals surface area contributed by atoms with Crippen LogP contribution >= 0.6 is 12.4 Å². The summed E-state index contributed by atoms with van der Waals surface area (Å²) in [6.45, 7) is -0.269. The fourth-order valence-corrected chi connectivity index (χ4v) is 0.908. The van der Waals surface area contributed by atoms with E-state index in [1.54, 1.807) is 0 Å². The summed E-state index contributed by atoms with van der Waals surface area (Å²) in [5.41, 5.74) is 5.12. The number of rotatable bonds is 0. The molecule has 0 unspecified atom stereocenters. The summed E-state index contributed by atoms with van der Waals surface area (Å²) in [4.78, 5) is 0. The summed E-state index contributed by atoms with van der Waals surface area (Å²) >= 11 is 0. The second-order valence-electron chi connectivity index (χ2n) is 2.35. The molecule has 0 aromatic carbocycles. The van der Waals surface area contributed by atoms with E-state index in [0.29, 0.717) is 0 Å². The zero-order valence-corrected chi connectivity index (χ0v) is 6.41. The van der Waals surface area contributed by atoms with E-state index in [1.807, 2.05) is 0 Å². The van der Waals surface area contributed by atoms with E-state index in [0.717, 1.165) is 0 Å². The van der Waals surface area contributed by atoms with E-state index in [1.165, 1.54) is 0 Å². The highest BCUT2D eigenvalue weighted by Gasteiger charge is 2.46. The first-order chi connectivity index (χ1) is 4.52. The lowest BCUT2D eigenvalue weighted by atomic mass is 10.1.